The molecule has 0 radical (unpaired) electrons. The number of hydrogen-bond donors (Lipinski definition) is 2. The second-order valence-corrected chi connectivity index (χ2v) is 11.0. The van der Waals surface area contributed by atoms with E-state index in [2.05, 4.69) is 23.6 Å². The summed E-state index contributed by atoms with van der Waals surface area (Å²) in [6.07, 6.45) is 0. The Bertz CT molecular complexity index is 1290. The normalized spacial score (nSPS) is 18.9. The van der Waals surface area contributed by atoms with Crippen LogP contribution in [0.2, 0.25) is 0 Å². The molecule has 1 saturated heterocycles. The van der Waals surface area contributed by atoms with Crippen LogP contribution in [-0.2, 0) is 21.1 Å². The Balaban J connectivity index is 1.52. The van der Waals surface area contributed by atoms with Crippen molar-refractivity contribution in [2.24, 2.45) is 0 Å². The van der Waals surface area contributed by atoms with Crippen molar-refractivity contribution in [3.8, 4) is 0 Å². The summed E-state index contributed by atoms with van der Waals surface area (Å²) in [4.78, 5) is 12.1. The fraction of sp³-hybridized carbons (Fsp3) is 0.417. The third-order valence-electron chi connectivity index (χ3n) is 6.32. The number of aryl methyl sites for hydroxylation is 1. The zero-order valence-corrected chi connectivity index (χ0v) is 19.8. The van der Waals surface area contributed by atoms with Gasteiger partial charge in [-0.25, -0.2) is 13.4 Å². The predicted molar refractivity (Wildman–Crippen MR) is 130 cm³/mol. The molecule has 0 atom stereocenters. The Morgan fingerprint density at radius 3 is 2.73 bits per heavy atom. The maximum Gasteiger partial charge on any atom is 0.228 e. The molecular weight excluding hydrogens is 438 g/mol. The highest BCUT2D eigenvalue weighted by Crippen LogP contribution is 2.29. The number of benzene rings is 2. The number of anilines is 2. The van der Waals surface area contributed by atoms with Gasteiger partial charge in [0.2, 0.25) is 5.95 Å². The van der Waals surface area contributed by atoms with Gasteiger partial charge in [0, 0.05) is 25.0 Å². The van der Waals surface area contributed by atoms with E-state index in [4.69, 9.17) is 14.7 Å². The second kappa shape index (κ2) is 8.55. The molecule has 0 amide bonds. The van der Waals surface area contributed by atoms with Crippen LogP contribution in [0.4, 0.5) is 11.8 Å². The van der Waals surface area contributed by atoms with E-state index in [9.17, 15) is 8.42 Å². The molecule has 0 aliphatic carbocycles. The van der Waals surface area contributed by atoms with Crippen molar-refractivity contribution in [3.63, 3.8) is 0 Å². The maximum absolute atomic E-state index is 12.8. The third-order valence-corrected chi connectivity index (χ3v) is 8.11. The molecule has 0 saturated carbocycles. The number of nitrogens with zero attached hydrogens (tertiary/aromatic N) is 3. The maximum atomic E-state index is 12.8. The summed E-state index contributed by atoms with van der Waals surface area (Å²) < 4.78 is 31.1. The lowest BCUT2D eigenvalue weighted by Crippen LogP contribution is -2.64. The minimum Gasteiger partial charge on any atom is -0.377 e. The van der Waals surface area contributed by atoms with Crippen LogP contribution in [-0.4, -0.2) is 62.5 Å². The van der Waals surface area contributed by atoms with Gasteiger partial charge in [0.15, 0.2) is 9.84 Å². The van der Waals surface area contributed by atoms with Gasteiger partial charge in [-0.2, -0.15) is 4.98 Å². The van der Waals surface area contributed by atoms with Crippen molar-refractivity contribution < 1.29 is 13.2 Å². The fourth-order valence-corrected chi connectivity index (χ4v) is 5.98. The van der Waals surface area contributed by atoms with Gasteiger partial charge in [0.1, 0.15) is 5.82 Å². The summed E-state index contributed by atoms with van der Waals surface area (Å²) in [5, 5.41) is 8.01. The summed E-state index contributed by atoms with van der Waals surface area (Å²) in [6.45, 7) is 7.77. The molecule has 2 aliphatic heterocycles. The zero-order chi connectivity index (χ0) is 23.1. The molecule has 0 unspecified atom stereocenters. The van der Waals surface area contributed by atoms with Crippen molar-refractivity contribution in [2.45, 2.75) is 30.8 Å². The Labute approximate surface area is 194 Å². The van der Waals surface area contributed by atoms with Crippen LogP contribution in [0.3, 0.4) is 0 Å². The quantitative estimate of drug-likeness (QED) is 0.571. The number of hydrogen-bond acceptors (Lipinski definition) is 8. The number of sulfone groups is 1. The first kappa shape index (κ1) is 22.1. The van der Waals surface area contributed by atoms with Crippen LogP contribution in [0.25, 0.3) is 10.9 Å². The molecule has 33 heavy (non-hydrogen) atoms. The summed E-state index contributed by atoms with van der Waals surface area (Å²) in [6, 6.07) is 13.3. The molecule has 174 valence electrons. The molecule has 0 spiro atoms. The summed E-state index contributed by atoms with van der Waals surface area (Å²) in [7, 11) is -3.34. The van der Waals surface area contributed by atoms with E-state index in [1.807, 2.05) is 36.1 Å². The first-order chi connectivity index (χ1) is 15.9. The van der Waals surface area contributed by atoms with Crippen molar-refractivity contribution in [1.82, 2.24) is 15.3 Å². The predicted octanol–water partition coefficient (Wildman–Crippen LogP) is 2.52. The van der Waals surface area contributed by atoms with Gasteiger partial charge in [0.25, 0.3) is 0 Å². The van der Waals surface area contributed by atoms with Gasteiger partial charge in [0.05, 0.1) is 34.9 Å². The van der Waals surface area contributed by atoms with E-state index < -0.39 is 9.84 Å². The molecule has 0 bridgehead atoms. The minimum absolute atomic E-state index is 0.0307. The van der Waals surface area contributed by atoms with Crippen molar-refractivity contribution >= 4 is 32.5 Å². The number of ether oxygens (including phenoxy) is 1. The second-order valence-electron chi connectivity index (χ2n) is 8.90. The van der Waals surface area contributed by atoms with Gasteiger partial charge in [-0.1, -0.05) is 36.8 Å². The molecule has 2 aliphatic rings. The smallest absolute Gasteiger partial charge is 0.228 e. The van der Waals surface area contributed by atoms with Crippen LogP contribution in [0, 0.1) is 6.92 Å². The summed E-state index contributed by atoms with van der Waals surface area (Å²) in [5.74, 6) is 1.31. The van der Waals surface area contributed by atoms with Gasteiger partial charge >= 0.3 is 0 Å². The molecule has 2 aromatic carbocycles. The molecule has 2 N–H and O–H groups in total. The first-order valence-electron chi connectivity index (χ1n) is 11.3. The average Bonchev–Trinajstić information content (AvgIpc) is 2.91. The van der Waals surface area contributed by atoms with Crippen LogP contribution >= 0.6 is 0 Å². The first-order valence-corrected chi connectivity index (χ1v) is 13.0. The standard InChI is InChI=1S/C24H29N5O3S/c1-3-26-24(15-32-16-24)14-25-22-19-12-17(2)8-9-20(19)27-23(28-22)29-10-11-33(30,31)21-7-5-4-6-18(21)13-29/h4-9,12,26H,3,10-11,13-16H2,1-2H3,(H,25,27,28). The van der Waals surface area contributed by atoms with Crippen molar-refractivity contribution in [3.05, 3.63) is 53.6 Å². The van der Waals surface area contributed by atoms with Gasteiger partial charge in [-0.05, 0) is 37.2 Å². The summed E-state index contributed by atoms with van der Waals surface area (Å²) >= 11 is 0. The molecule has 9 heteroatoms. The lowest BCUT2D eigenvalue weighted by molar-refractivity contribution is -0.0660. The minimum atomic E-state index is -3.34. The number of nitrogens with one attached hydrogen (secondary N) is 2. The monoisotopic (exact) mass is 467 g/mol. The SMILES string of the molecule is CCNC1(CNc2nc(N3CCS(=O)(=O)c4ccccc4C3)nc3ccc(C)cc23)COC1. The van der Waals surface area contributed by atoms with Crippen LogP contribution < -0.4 is 15.5 Å². The molecule has 3 aromatic rings. The van der Waals surface area contributed by atoms with Crippen LogP contribution in [0.5, 0.6) is 0 Å². The van der Waals surface area contributed by atoms with Gasteiger partial charge in [-0.15, -0.1) is 0 Å². The van der Waals surface area contributed by atoms with E-state index in [1.54, 1.807) is 12.1 Å². The van der Waals surface area contributed by atoms with Crippen molar-refractivity contribution in [2.75, 3.05) is 48.8 Å². The number of aromatic nitrogens is 2. The number of rotatable bonds is 6. The average molecular weight is 468 g/mol. The lowest BCUT2D eigenvalue weighted by Gasteiger charge is -2.42. The van der Waals surface area contributed by atoms with E-state index >= 15 is 0 Å². The fourth-order valence-electron chi connectivity index (χ4n) is 4.48. The number of fused-ring (bicyclic) bond motifs is 2. The molecule has 3 heterocycles. The van der Waals surface area contributed by atoms with Crippen molar-refractivity contribution in [1.29, 1.82) is 0 Å². The van der Waals surface area contributed by atoms with Crippen LogP contribution in [0.15, 0.2) is 47.4 Å². The summed E-state index contributed by atoms with van der Waals surface area (Å²) in [5.41, 5.74) is 2.63. The zero-order valence-electron chi connectivity index (χ0n) is 19.0. The third kappa shape index (κ3) is 4.28. The van der Waals surface area contributed by atoms with E-state index in [0.717, 1.165) is 34.4 Å². The molecule has 1 aromatic heterocycles. The Kier molecular flexibility index (Phi) is 5.72. The van der Waals surface area contributed by atoms with E-state index in [0.29, 0.717) is 43.7 Å². The highest BCUT2D eigenvalue weighted by atomic mass is 32.2. The number of likely N-dealkylation sites (N-methyl/N-ethyl adjacent to an activating group) is 1. The Morgan fingerprint density at radius 2 is 1.97 bits per heavy atom. The molecule has 8 nitrogen and oxygen atoms in total. The van der Waals surface area contributed by atoms with Gasteiger partial charge < -0.3 is 20.3 Å². The van der Waals surface area contributed by atoms with Gasteiger partial charge in [-0.3, -0.25) is 0 Å². The van der Waals surface area contributed by atoms with E-state index in [1.165, 1.54) is 0 Å². The van der Waals surface area contributed by atoms with Crippen LogP contribution in [0.1, 0.15) is 18.1 Å². The molecule has 5 rings (SSSR count). The van der Waals surface area contributed by atoms with E-state index in [-0.39, 0.29) is 11.3 Å². The Hall–Kier alpha value is -2.75. The molecular formula is C24H29N5O3S. The highest BCUT2D eigenvalue weighted by Gasteiger charge is 2.37. The largest absolute Gasteiger partial charge is 0.377 e. The topological polar surface area (TPSA) is 96.5 Å². The Morgan fingerprint density at radius 1 is 1.15 bits per heavy atom. The highest BCUT2D eigenvalue weighted by molar-refractivity contribution is 7.91. The lowest BCUT2D eigenvalue weighted by atomic mass is 9.97. The molecule has 1 fully saturated rings.